The monoisotopic (exact) mass is 592 g/mol. The predicted octanol–water partition coefficient (Wildman–Crippen LogP) is 12.2. The second-order valence-electron chi connectivity index (χ2n) is 13.4. The van der Waals surface area contributed by atoms with Crippen LogP contribution in [0.15, 0.2) is 120 Å². The van der Waals surface area contributed by atoms with Crippen LogP contribution in [0.3, 0.4) is 0 Å². The molecule has 2 N–H and O–H groups in total. The minimum Gasteiger partial charge on any atom is -0.354 e. The molecule has 2 nitrogen and oxygen atoms in total. The van der Waals surface area contributed by atoms with Crippen molar-refractivity contribution in [1.82, 2.24) is 0 Å². The molecule has 0 amide bonds. The number of hydrogen-bond acceptors (Lipinski definition) is 2. The highest BCUT2D eigenvalue weighted by Crippen LogP contribution is 2.41. The molecule has 0 fully saturated rings. The summed E-state index contributed by atoms with van der Waals surface area (Å²) in [5.41, 5.74) is 14.4. The SMILES string of the molecule is CC(C)c1cccc(C(C)C)c1NC(=C1C=CC=C1C(=N)c1ccccc1-c1c(C(C)C)cccc1C(C)C)c1ccccc1. The molecule has 0 aromatic heterocycles. The highest BCUT2D eigenvalue weighted by atomic mass is 14.9. The number of para-hydroxylation sites is 1. The normalized spacial score (nSPS) is 14.1. The van der Waals surface area contributed by atoms with E-state index in [1.165, 1.54) is 33.5 Å². The molecular weight excluding hydrogens is 544 g/mol. The van der Waals surface area contributed by atoms with Gasteiger partial charge in [-0.05, 0) is 62.6 Å². The van der Waals surface area contributed by atoms with Crippen LogP contribution in [-0.4, -0.2) is 5.71 Å². The summed E-state index contributed by atoms with van der Waals surface area (Å²) in [6.45, 7) is 18.1. The molecule has 4 aromatic rings. The first kappa shape index (κ1) is 32.0. The summed E-state index contributed by atoms with van der Waals surface area (Å²) in [7, 11) is 0. The fourth-order valence-electron chi connectivity index (χ4n) is 6.50. The molecule has 4 aromatic carbocycles. The maximum absolute atomic E-state index is 9.79. The molecule has 0 atom stereocenters. The van der Waals surface area contributed by atoms with Gasteiger partial charge in [0.1, 0.15) is 0 Å². The zero-order chi connectivity index (χ0) is 32.2. The van der Waals surface area contributed by atoms with Gasteiger partial charge in [0, 0.05) is 22.4 Å². The average Bonchev–Trinajstić information content (AvgIpc) is 3.52. The Bertz CT molecular complexity index is 1730. The summed E-state index contributed by atoms with van der Waals surface area (Å²) >= 11 is 0. The topological polar surface area (TPSA) is 35.9 Å². The smallest absolute Gasteiger partial charge is 0.0697 e. The molecule has 1 aliphatic carbocycles. The molecule has 0 heterocycles. The van der Waals surface area contributed by atoms with Gasteiger partial charge in [0.15, 0.2) is 0 Å². The van der Waals surface area contributed by atoms with Crippen LogP contribution in [0.1, 0.15) is 112 Å². The Morgan fingerprint density at radius 3 is 1.64 bits per heavy atom. The van der Waals surface area contributed by atoms with Gasteiger partial charge in [0.25, 0.3) is 0 Å². The molecular formula is C43H48N2. The second-order valence-corrected chi connectivity index (χ2v) is 13.4. The number of rotatable bonds is 10. The van der Waals surface area contributed by atoms with Crippen LogP contribution in [0, 0.1) is 5.41 Å². The van der Waals surface area contributed by atoms with Gasteiger partial charge in [-0.15, -0.1) is 0 Å². The van der Waals surface area contributed by atoms with Crippen LogP contribution in [0.5, 0.6) is 0 Å². The summed E-state index contributed by atoms with van der Waals surface area (Å²) in [6.07, 6.45) is 6.36. The Kier molecular flexibility index (Phi) is 9.73. The standard InChI is InChI=1S/C43H48N2/c1-27(2)32-21-14-22-33(28(3)4)40(32)36-19-12-13-20-37(36)41(44)38-25-16-26-39(38)42(31-17-10-9-11-18-31)45-43-34(29(5)6)23-15-24-35(43)30(7)8/h9-30,44-45H,1-8H3. The van der Waals surface area contributed by atoms with Crippen LogP contribution >= 0.6 is 0 Å². The van der Waals surface area contributed by atoms with Gasteiger partial charge in [-0.3, -0.25) is 5.41 Å². The van der Waals surface area contributed by atoms with Gasteiger partial charge in [-0.1, -0.05) is 165 Å². The van der Waals surface area contributed by atoms with E-state index in [2.05, 4.69) is 170 Å². The maximum Gasteiger partial charge on any atom is 0.0697 e. The van der Waals surface area contributed by atoms with E-state index in [1.807, 2.05) is 0 Å². The van der Waals surface area contributed by atoms with E-state index < -0.39 is 0 Å². The minimum atomic E-state index is 0.365. The lowest BCUT2D eigenvalue weighted by molar-refractivity contribution is 0.838. The molecule has 0 aliphatic heterocycles. The van der Waals surface area contributed by atoms with E-state index in [9.17, 15) is 5.41 Å². The van der Waals surface area contributed by atoms with Crippen molar-refractivity contribution in [2.24, 2.45) is 0 Å². The molecule has 45 heavy (non-hydrogen) atoms. The molecule has 2 heteroatoms. The summed E-state index contributed by atoms with van der Waals surface area (Å²) in [6, 6.07) is 32.4. The zero-order valence-corrected chi connectivity index (χ0v) is 28.2. The Morgan fingerprint density at radius 2 is 1.09 bits per heavy atom. The van der Waals surface area contributed by atoms with Crippen molar-refractivity contribution in [3.05, 3.63) is 154 Å². The number of nitrogens with one attached hydrogen (secondary N) is 2. The lowest BCUT2D eigenvalue weighted by Gasteiger charge is -2.25. The Morgan fingerprint density at radius 1 is 0.578 bits per heavy atom. The molecule has 0 unspecified atom stereocenters. The largest absolute Gasteiger partial charge is 0.354 e. The van der Waals surface area contributed by atoms with E-state index in [1.54, 1.807) is 0 Å². The van der Waals surface area contributed by atoms with Crippen LogP contribution in [0.4, 0.5) is 5.69 Å². The second kappa shape index (κ2) is 13.7. The van der Waals surface area contributed by atoms with Gasteiger partial charge in [0.2, 0.25) is 0 Å². The van der Waals surface area contributed by atoms with E-state index in [-0.39, 0.29) is 0 Å². The first-order valence-corrected chi connectivity index (χ1v) is 16.5. The lowest BCUT2D eigenvalue weighted by atomic mass is 9.81. The van der Waals surface area contributed by atoms with Gasteiger partial charge in [-0.25, -0.2) is 0 Å². The van der Waals surface area contributed by atoms with E-state index in [0.29, 0.717) is 29.4 Å². The van der Waals surface area contributed by atoms with Crippen LogP contribution in [0.25, 0.3) is 16.8 Å². The molecule has 0 saturated heterocycles. The summed E-state index contributed by atoms with van der Waals surface area (Å²) in [5.74, 6) is 1.47. The molecule has 0 radical (unpaired) electrons. The van der Waals surface area contributed by atoms with Crippen molar-refractivity contribution in [1.29, 1.82) is 5.41 Å². The first-order valence-electron chi connectivity index (χ1n) is 16.5. The molecule has 0 saturated carbocycles. The predicted molar refractivity (Wildman–Crippen MR) is 196 cm³/mol. The molecule has 0 spiro atoms. The van der Waals surface area contributed by atoms with Gasteiger partial charge in [0.05, 0.1) is 11.4 Å². The molecule has 0 bridgehead atoms. The Hall–Kier alpha value is -4.43. The van der Waals surface area contributed by atoms with Gasteiger partial charge >= 0.3 is 0 Å². The zero-order valence-electron chi connectivity index (χ0n) is 28.2. The number of anilines is 1. The van der Waals surface area contributed by atoms with Gasteiger partial charge in [-0.2, -0.15) is 0 Å². The molecule has 1 aliphatic rings. The van der Waals surface area contributed by atoms with Crippen molar-refractivity contribution >= 4 is 17.1 Å². The third-order valence-electron chi connectivity index (χ3n) is 8.88. The van der Waals surface area contributed by atoms with Crippen molar-refractivity contribution in [3.8, 4) is 11.1 Å². The maximum atomic E-state index is 9.79. The average molecular weight is 593 g/mol. The molecule has 5 rings (SSSR count). The quantitative estimate of drug-likeness (QED) is 0.177. The summed E-state index contributed by atoms with van der Waals surface area (Å²) in [4.78, 5) is 0. The summed E-state index contributed by atoms with van der Waals surface area (Å²) in [5, 5.41) is 13.7. The highest BCUT2D eigenvalue weighted by molar-refractivity contribution is 6.19. The number of hydrogen-bond donors (Lipinski definition) is 2. The van der Waals surface area contributed by atoms with Crippen molar-refractivity contribution in [2.45, 2.75) is 79.1 Å². The van der Waals surface area contributed by atoms with E-state index in [0.717, 1.165) is 33.5 Å². The van der Waals surface area contributed by atoms with Crippen molar-refractivity contribution in [3.63, 3.8) is 0 Å². The van der Waals surface area contributed by atoms with E-state index >= 15 is 0 Å². The fourth-order valence-corrected chi connectivity index (χ4v) is 6.50. The third kappa shape index (κ3) is 6.52. The minimum absolute atomic E-state index is 0.365. The van der Waals surface area contributed by atoms with Crippen LogP contribution in [0.2, 0.25) is 0 Å². The van der Waals surface area contributed by atoms with Gasteiger partial charge < -0.3 is 5.32 Å². The Labute approximate surface area is 271 Å². The molecule has 230 valence electrons. The number of allylic oxidation sites excluding steroid dienone is 5. The highest BCUT2D eigenvalue weighted by Gasteiger charge is 2.25. The fraction of sp³-hybridized carbons (Fsp3) is 0.279. The lowest BCUT2D eigenvalue weighted by Crippen LogP contribution is -2.13. The van der Waals surface area contributed by atoms with E-state index in [4.69, 9.17) is 0 Å². The van der Waals surface area contributed by atoms with Crippen molar-refractivity contribution < 1.29 is 0 Å². The van der Waals surface area contributed by atoms with Crippen LogP contribution in [-0.2, 0) is 0 Å². The van der Waals surface area contributed by atoms with Crippen molar-refractivity contribution in [2.75, 3.05) is 5.32 Å². The Balaban J connectivity index is 1.70. The number of benzene rings is 4. The third-order valence-corrected chi connectivity index (χ3v) is 8.88. The first-order chi connectivity index (χ1) is 21.6. The van der Waals surface area contributed by atoms with Crippen LogP contribution < -0.4 is 5.32 Å². The summed E-state index contributed by atoms with van der Waals surface area (Å²) < 4.78 is 0.